The summed E-state index contributed by atoms with van der Waals surface area (Å²) in [6.07, 6.45) is 2.60. The Balaban J connectivity index is 0.00000225. The number of ether oxygens (including phenoxy) is 1. The second kappa shape index (κ2) is 10.1. The Hall–Kier alpha value is -2.04. The number of halogens is 1. The molecule has 1 amide bonds. The number of amides is 1. The molecule has 5 heteroatoms. The van der Waals surface area contributed by atoms with Gasteiger partial charge in [0.25, 0.3) is 0 Å². The minimum atomic E-state index is 0. The summed E-state index contributed by atoms with van der Waals surface area (Å²) in [5.41, 5.74) is 2.21. The zero-order valence-corrected chi connectivity index (χ0v) is 15.1. The molecule has 0 bridgehead atoms. The van der Waals surface area contributed by atoms with Crippen molar-refractivity contribution in [1.29, 1.82) is 0 Å². The van der Waals surface area contributed by atoms with Crippen LogP contribution in [0.4, 0.5) is 0 Å². The molecule has 1 fully saturated rings. The van der Waals surface area contributed by atoms with Crippen LogP contribution < -0.4 is 15.4 Å². The molecule has 2 N–H and O–H groups in total. The summed E-state index contributed by atoms with van der Waals surface area (Å²) in [5.74, 6) is 1.67. The van der Waals surface area contributed by atoms with Gasteiger partial charge in [-0.3, -0.25) is 4.79 Å². The van der Waals surface area contributed by atoms with E-state index in [0.717, 1.165) is 29.3 Å². The fourth-order valence-corrected chi connectivity index (χ4v) is 2.42. The molecular formula is C20H25ClN2O2. The van der Waals surface area contributed by atoms with Crippen LogP contribution in [-0.2, 0) is 17.9 Å². The van der Waals surface area contributed by atoms with Crippen molar-refractivity contribution in [2.75, 3.05) is 13.1 Å². The number of nitrogens with one attached hydrogen (secondary N) is 2. The van der Waals surface area contributed by atoms with Crippen LogP contribution in [0.25, 0.3) is 0 Å². The highest BCUT2D eigenvalue weighted by Gasteiger charge is 2.20. The first-order valence-electron chi connectivity index (χ1n) is 8.53. The number of hydrogen-bond acceptors (Lipinski definition) is 3. The SMILES string of the molecule is Cl.O=C(CNCC1CC1)NCc1ccc(OCc2ccccc2)cc1. The van der Waals surface area contributed by atoms with Gasteiger partial charge in [0.1, 0.15) is 12.4 Å². The van der Waals surface area contributed by atoms with Crippen LogP contribution in [0.1, 0.15) is 24.0 Å². The molecule has 0 radical (unpaired) electrons. The molecule has 1 saturated carbocycles. The number of benzene rings is 2. The highest BCUT2D eigenvalue weighted by Crippen LogP contribution is 2.27. The van der Waals surface area contributed by atoms with Crippen LogP contribution >= 0.6 is 12.4 Å². The standard InChI is InChI=1S/C20H24N2O2.ClH/c23-20(14-21-12-16-6-7-16)22-13-17-8-10-19(11-9-17)24-15-18-4-2-1-3-5-18;/h1-5,8-11,16,21H,6-7,12-15H2,(H,22,23);1H. The van der Waals surface area contributed by atoms with E-state index in [-0.39, 0.29) is 18.3 Å². The summed E-state index contributed by atoms with van der Waals surface area (Å²) in [4.78, 5) is 11.7. The molecule has 1 aliphatic rings. The van der Waals surface area contributed by atoms with Crippen LogP contribution in [0.15, 0.2) is 54.6 Å². The van der Waals surface area contributed by atoms with Gasteiger partial charge >= 0.3 is 0 Å². The van der Waals surface area contributed by atoms with Crippen LogP contribution in [0, 0.1) is 5.92 Å². The molecule has 0 atom stereocenters. The van der Waals surface area contributed by atoms with Crippen molar-refractivity contribution in [2.24, 2.45) is 5.92 Å². The van der Waals surface area contributed by atoms with Crippen molar-refractivity contribution >= 4 is 18.3 Å². The highest BCUT2D eigenvalue weighted by atomic mass is 35.5. The van der Waals surface area contributed by atoms with Crippen molar-refractivity contribution in [3.63, 3.8) is 0 Å². The summed E-state index contributed by atoms with van der Waals surface area (Å²) in [6, 6.07) is 17.9. The lowest BCUT2D eigenvalue weighted by Crippen LogP contribution is -2.34. The molecule has 0 aromatic heterocycles. The third-order valence-electron chi connectivity index (χ3n) is 4.08. The predicted molar refractivity (Wildman–Crippen MR) is 102 cm³/mol. The van der Waals surface area contributed by atoms with Crippen molar-refractivity contribution in [1.82, 2.24) is 10.6 Å². The van der Waals surface area contributed by atoms with Crippen LogP contribution in [-0.4, -0.2) is 19.0 Å². The fourth-order valence-electron chi connectivity index (χ4n) is 2.42. The second-order valence-electron chi connectivity index (χ2n) is 6.27. The lowest BCUT2D eigenvalue weighted by Gasteiger charge is -2.09. The maximum atomic E-state index is 11.7. The van der Waals surface area contributed by atoms with E-state index in [9.17, 15) is 4.79 Å². The highest BCUT2D eigenvalue weighted by molar-refractivity contribution is 5.85. The van der Waals surface area contributed by atoms with Crippen LogP contribution in [0.3, 0.4) is 0 Å². The third kappa shape index (κ3) is 7.16. The lowest BCUT2D eigenvalue weighted by atomic mass is 10.2. The molecule has 2 aromatic carbocycles. The van der Waals surface area contributed by atoms with Gasteiger partial charge in [-0.25, -0.2) is 0 Å². The van der Waals surface area contributed by atoms with Gasteiger partial charge in [0.05, 0.1) is 6.54 Å². The monoisotopic (exact) mass is 360 g/mol. The maximum absolute atomic E-state index is 11.7. The molecule has 4 nitrogen and oxygen atoms in total. The largest absolute Gasteiger partial charge is 0.489 e. The molecule has 1 aliphatic carbocycles. The van der Waals surface area contributed by atoms with E-state index < -0.39 is 0 Å². The topological polar surface area (TPSA) is 50.4 Å². The van der Waals surface area contributed by atoms with Gasteiger partial charge in [0, 0.05) is 6.54 Å². The van der Waals surface area contributed by atoms with E-state index in [1.54, 1.807) is 0 Å². The van der Waals surface area contributed by atoms with Crippen molar-refractivity contribution in [3.05, 3.63) is 65.7 Å². The Morgan fingerprint density at radius 1 is 1.00 bits per heavy atom. The Morgan fingerprint density at radius 3 is 2.40 bits per heavy atom. The molecule has 3 rings (SSSR count). The predicted octanol–water partition coefficient (Wildman–Crippen LogP) is 3.30. The Labute approximate surface area is 155 Å². The molecule has 25 heavy (non-hydrogen) atoms. The summed E-state index contributed by atoms with van der Waals surface area (Å²) >= 11 is 0. The van der Waals surface area contributed by atoms with E-state index in [0.29, 0.717) is 19.7 Å². The maximum Gasteiger partial charge on any atom is 0.234 e. The summed E-state index contributed by atoms with van der Waals surface area (Å²) < 4.78 is 5.76. The zero-order chi connectivity index (χ0) is 16.6. The summed E-state index contributed by atoms with van der Waals surface area (Å²) in [7, 11) is 0. The van der Waals surface area contributed by atoms with Gasteiger partial charge in [0.2, 0.25) is 5.91 Å². The normalized spacial score (nSPS) is 13.0. The van der Waals surface area contributed by atoms with Gasteiger partial charge in [-0.05, 0) is 48.6 Å². The van der Waals surface area contributed by atoms with Gasteiger partial charge in [0.15, 0.2) is 0 Å². The number of carbonyl (C=O) groups is 1. The first kappa shape index (κ1) is 19.3. The number of hydrogen-bond donors (Lipinski definition) is 2. The molecule has 134 valence electrons. The Kier molecular flexibility index (Phi) is 7.76. The first-order valence-corrected chi connectivity index (χ1v) is 8.53. The van der Waals surface area contributed by atoms with Gasteiger partial charge in [-0.15, -0.1) is 12.4 Å². The molecular weight excluding hydrogens is 336 g/mol. The quantitative estimate of drug-likeness (QED) is 0.721. The smallest absolute Gasteiger partial charge is 0.234 e. The first-order chi connectivity index (χ1) is 11.8. The van der Waals surface area contributed by atoms with Gasteiger partial charge in [-0.2, -0.15) is 0 Å². The molecule has 0 saturated heterocycles. The third-order valence-corrected chi connectivity index (χ3v) is 4.08. The van der Waals surface area contributed by atoms with Crippen molar-refractivity contribution < 1.29 is 9.53 Å². The van der Waals surface area contributed by atoms with E-state index in [1.165, 1.54) is 12.8 Å². The van der Waals surface area contributed by atoms with E-state index >= 15 is 0 Å². The second-order valence-corrected chi connectivity index (χ2v) is 6.27. The van der Waals surface area contributed by atoms with Gasteiger partial charge < -0.3 is 15.4 Å². The minimum Gasteiger partial charge on any atom is -0.489 e. The van der Waals surface area contributed by atoms with Crippen molar-refractivity contribution in [3.8, 4) is 5.75 Å². The molecule has 0 spiro atoms. The molecule has 0 heterocycles. The Bertz CT molecular complexity index is 643. The summed E-state index contributed by atoms with van der Waals surface area (Å²) in [6.45, 7) is 2.46. The average molecular weight is 361 g/mol. The molecule has 0 aliphatic heterocycles. The fraction of sp³-hybridized carbons (Fsp3) is 0.350. The van der Waals surface area contributed by atoms with Crippen molar-refractivity contribution in [2.45, 2.75) is 26.0 Å². The minimum absolute atomic E-state index is 0. The van der Waals surface area contributed by atoms with E-state index in [1.807, 2.05) is 54.6 Å². The Morgan fingerprint density at radius 2 is 1.72 bits per heavy atom. The number of rotatable bonds is 9. The van der Waals surface area contributed by atoms with Gasteiger partial charge in [-0.1, -0.05) is 42.5 Å². The lowest BCUT2D eigenvalue weighted by molar-refractivity contribution is -0.120. The molecule has 2 aromatic rings. The molecule has 0 unspecified atom stereocenters. The zero-order valence-electron chi connectivity index (χ0n) is 14.2. The number of carbonyl (C=O) groups excluding carboxylic acids is 1. The van der Waals surface area contributed by atoms with Crippen LogP contribution in [0.2, 0.25) is 0 Å². The van der Waals surface area contributed by atoms with Crippen LogP contribution in [0.5, 0.6) is 5.75 Å². The van der Waals surface area contributed by atoms with E-state index in [2.05, 4.69) is 10.6 Å². The average Bonchev–Trinajstić information content (AvgIpc) is 3.44. The van der Waals surface area contributed by atoms with E-state index in [4.69, 9.17) is 4.74 Å². The summed E-state index contributed by atoms with van der Waals surface area (Å²) in [5, 5.41) is 6.12.